The molecule has 0 aliphatic carbocycles. The first-order chi connectivity index (χ1) is 14.5. The van der Waals surface area contributed by atoms with Gasteiger partial charge in [0, 0.05) is 6.07 Å². The number of fused-ring (bicyclic) bond motifs is 3. The molecule has 5 rings (SSSR count). The molecule has 7 nitrogen and oxygen atoms in total. The summed E-state index contributed by atoms with van der Waals surface area (Å²) in [6, 6.07) is 14.1. The van der Waals surface area contributed by atoms with Crippen molar-refractivity contribution in [1.29, 1.82) is 0 Å². The molecule has 2 aromatic carbocycles. The van der Waals surface area contributed by atoms with Crippen LogP contribution in [-0.2, 0) is 4.79 Å². The monoisotopic (exact) mass is 406 g/mol. The molecule has 1 N–H and O–H groups in total. The third kappa shape index (κ3) is 2.93. The average molecular weight is 406 g/mol. The summed E-state index contributed by atoms with van der Waals surface area (Å²) in [5.41, 5.74) is 0.518. The van der Waals surface area contributed by atoms with Crippen molar-refractivity contribution in [1.82, 2.24) is 5.16 Å². The Balaban J connectivity index is 1.64. The number of ether oxygens (including phenoxy) is 1. The summed E-state index contributed by atoms with van der Waals surface area (Å²) in [4.78, 5) is 25.9. The largest absolute Gasteiger partial charge is 0.478 e. The average Bonchev–Trinajstić information content (AvgIpc) is 3.33. The van der Waals surface area contributed by atoms with Gasteiger partial charge in [-0.05, 0) is 36.8 Å². The lowest BCUT2D eigenvalue weighted by Gasteiger charge is -2.18. The van der Waals surface area contributed by atoms with Gasteiger partial charge < -0.3 is 19.0 Å². The fourth-order valence-electron chi connectivity index (χ4n) is 3.72. The van der Waals surface area contributed by atoms with E-state index in [9.17, 15) is 14.0 Å². The maximum absolute atomic E-state index is 13.5. The lowest BCUT2D eigenvalue weighted by molar-refractivity contribution is -0.122. The summed E-state index contributed by atoms with van der Waals surface area (Å²) in [5, 5.41) is 6.98. The van der Waals surface area contributed by atoms with E-state index in [4.69, 9.17) is 13.7 Å². The van der Waals surface area contributed by atoms with E-state index in [-0.39, 0.29) is 17.1 Å². The van der Waals surface area contributed by atoms with Gasteiger partial charge in [0.2, 0.25) is 0 Å². The highest BCUT2D eigenvalue weighted by molar-refractivity contribution is 5.97. The smallest absolute Gasteiger partial charge is 0.344 e. The predicted molar refractivity (Wildman–Crippen MR) is 105 cm³/mol. The minimum atomic E-state index is -1.09. The maximum Gasteiger partial charge on any atom is 0.344 e. The van der Waals surface area contributed by atoms with Crippen molar-refractivity contribution in [2.45, 2.75) is 18.9 Å². The molecule has 0 saturated carbocycles. The number of anilines is 1. The van der Waals surface area contributed by atoms with Gasteiger partial charge in [-0.15, -0.1) is 0 Å². The molecular weight excluding hydrogens is 391 g/mol. The number of nitrogens with zero attached hydrogens (tertiary/aromatic N) is 1. The Morgan fingerprint density at radius 1 is 1.13 bits per heavy atom. The van der Waals surface area contributed by atoms with Crippen LogP contribution in [0.25, 0.3) is 11.0 Å². The van der Waals surface area contributed by atoms with Crippen LogP contribution in [0.2, 0.25) is 0 Å². The highest BCUT2D eigenvalue weighted by Gasteiger charge is 2.44. The van der Waals surface area contributed by atoms with E-state index >= 15 is 0 Å². The molecule has 0 spiro atoms. The van der Waals surface area contributed by atoms with E-state index in [1.54, 1.807) is 37.3 Å². The first kappa shape index (κ1) is 18.1. The molecule has 0 saturated heterocycles. The van der Waals surface area contributed by atoms with Gasteiger partial charge in [0.1, 0.15) is 22.9 Å². The number of benzene rings is 2. The third-order valence-electron chi connectivity index (χ3n) is 5.02. The quantitative estimate of drug-likeness (QED) is 0.521. The first-order valence-corrected chi connectivity index (χ1v) is 9.23. The summed E-state index contributed by atoms with van der Waals surface area (Å²) < 4.78 is 29.9. The van der Waals surface area contributed by atoms with Crippen LogP contribution in [0, 0.1) is 12.7 Å². The lowest BCUT2D eigenvalue weighted by atomic mass is 9.88. The molecule has 1 aliphatic heterocycles. The number of aryl methyl sites for hydroxylation is 1. The van der Waals surface area contributed by atoms with Crippen LogP contribution in [0.4, 0.5) is 10.2 Å². The van der Waals surface area contributed by atoms with E-state index < -0.39 is 29.4 Å². The molecule has 30 heavy (non-hydrogen) atoms. The molecule has 4 aromatic rings. The highest BCUT2D eigenvalue weighted by Crippen LogP contribution is 2.44. The van der Waals surface area contributed by atoms with E-state index in [0.29, 0.717) is 22.3 Å². The zero-order valence-electron chi connectivity index (χ0n) is 15.7. The highest BCUT2D eigenvalue weighted by atomic mass is 19.1. The first-order valence-electron chi connectivity index (χ1n) is 9.23. The Hall–Kier alpha value is -3.94. The SMILES string of the molecule is Cc1cc(NC(=O)[C@H]2Oc3c(c(=O)oc4ccccc34)[C@H]2c2ccc(F)cc2)no1. The van der Waals surface area contributed by atoms with Gasteiger partial charge in [-0.3, -0.25) is 4.79 Å². The van der Waals surface area contributed by atoms with Crippen LogP contribution >= 0.6 is 0 Å². The van der Waals surface area contributed by atoms with Crippen molar-refractivity contribution >= 4 is 22.7 Å². The van der Waals surface area contributed by atoms with Gasteiger partial charge in [-0.25, -0.2) is 9.18 Å². The molecule has 0 unspecified atom stereocenters. The van der Waals surface area contributed by atoms with Gasteiger partial charge >= 0.3 is 5.63 Å². The molecule has 1 aliphatic rings. The lowest BCUT2D eigenvalue weighted by Crippen LogP contribution is -2.35. The zero-order valence-corrected chi connectivity index (χ0v) is 15.7. The van der Waals surface area contributed by atoms with Crippen molar-refractivity contribution in [2.24, 2.45) is 0 Å². The van der Waals surface area contributed by atoms with Crippen LogP contribution in [-0.4, -0.2) is 17.2 Å². The van der Waals surface area contributed by atoms with Crippen molar-refractivity contribution in [3.8, 4) is 5.75 Å². The van der Waals surface area contributed by atoms with Crippen molar-refractivity contribution in [3.05, 3.63) is 87.7 Å². The van der Waals surface area contributed by atoms with Gasteiger partial charge in [0.25, 0.3) is 5.91 Å². The fraction of sp³-hybridized carbons (Fsp3) is 0.136. The van der Waals surface area contributed by atoms with E-state index in [1.807, 2.05) is 0 Å². The number of hydrogen-bond acceptors (Lipinski definition) is 6. The second-order valence-electron chi connectivity index (χ2n) is 7.01. The Bertz CT molecular complexity index is 1330. The fourth-order valence-corrected chi connectivity index (χ4v) is 3.72. The minimum absolute atomic E-state index is 0.219. The molecule has 1 amide bonds. The number of amides is 1. The number of halogens is 1. The van der Waals surface area contributed by atoms with E-state index in [0.717, 1.165) is 0 Å². The second kappa shape index (κ2) is 6.84. The molecule has 0 bridgehead atoms. The van der Waals surface area contributed by atoms with Crippen molar-refractivity contribution < 1.29 is 22.9 Å². The van der Waals surface area contributed by atoms with Gasteiger partial charge in [0.15, 0.2) is 11.9 Å². The minimum Gasteiger partial charge on any atom is -0.478 e. The molecule has 0 fully saturated rings. The Kier molecular flexibility index (Phi) is 4.13. The van der Waals surface area contributed by atoms with Gasteiger partial charge in [0.05, 0.1) is 16.9 Å². The number of carbonyl (C=O) groups is 1. The molecule has 2 aromatic heterocycles. The molecular formula is C22H15FN2O5. The standard InChI is InChI=1S/C22H15FN2O5/c1-11-10-16(25-30-11)24-21(26)20-17(12-6-8-13(23)9-7-12)18-19(29-20)14-4-2-3-5-15(14)28-22(18)27/h2-10,17,20H,1H3,(H,24,25,26)/t17-,20+/m1/s1. The molecule has 150 valence electrons. The van der Waals surface area contributed by atoms with E-state index in [1.165, 1.54) is 24.3 Å². The zero-order chi connectivity index (χ0) is 20.8. The topological polar surface area (TPSA) is 94.6 Å². The Morgan fingerprint density at radius 2 is 1.90 bits per heavy atom. The summed E-state index contributed by atoms with van der Waals surface area (Å²) in [5.74, 6) is -0.684. The molecule has 0 radical (unpaired) electrons. The van der Waals surface area contributed by atoms with Crippen molar-refractivity contribution in [2.75, 3.05) is 5.32 Å². The number of para-hydroxylation sites is 1. The van der Waals surface area contributed by atoms with Crippen LogP contribution in [0.3, 0.4) is 0 Å². The second-order valence-corrected chi connectivity index (χ2v) is 7.01. The molecule has 3 heterocycles. The summed E-state index contributed by atoms with van der Waals surface area (Å²) in [6.07, 6.45) is -1.09. The summed E-state index contributed by atoms with van der Waals surface area (Å²) in [6.45, 7) is 1.70. The third-order valence-corrected chi connectivity index (χ3v) is 5.02. The maximum atomic E-state index is 13.5. The number of nitrogens with one attached hydrogen (secondary N) is 1. The number of carbonyl (C=O) groups excluding carboxylic acids is 1. The van der Waals surface area contributed by atoms with E-state index in [2.05, 4.69) is 10.5 Å². The summed E-state index contributed by atoms with van der Waals surface area (Å²) >= 11 is 0. The summed E-state index contributed by atoms with van der Waals surface area (Å²) in [7, 11) is 0. The number of aromatic nitrogens is 1. The Labute approximate surface area is 169 Å². The van der Waals surface area contributed by atoms with Crippen LogP contribution in [0.15, 0.2) is 68.3 Å². The molecule has 8 heteroatoms. The number of rotatable bonds is 3. The van der Waals surface area contributed by atoms with Crippen LogP contribution in [0.1, 0.15) is 22.8 Å². The van der Waals surface area contributed by atoms with Crippen LogP contribution < -0.4 is 15.7 Å². The predicted octanol–water partition coefficient (Wildman–Crippen LogP) is 3.76. The van der Waals surface area contributed by atoms with Crippen LogP contribution in [0.5, 0.6) is 5.75 Å². The van der Waals surface area contributed by atoms with Gasteiger partial charge in [-0.2, -0.15) is 0 Å². The Morgan fingerprint density at radius 3 is 2.63 bits per heavy atom. The van der Waals surface area contributed by atoms with Gasteiger partial charge in [-0.1, -0.05) is 29.4 Å². The normalized spacial score (nSPS) is 17.5. The number of hydrogen-bond donors (Lipinski definition) is 1. The molecule has 2 atom stereocenters. The van der Waals surface area contributed by atoms with Crippen molar-refractivity contribution in [3.63, 3.8) is 0 Å².